The third-order valence-electron chi connectivity index (χ3n) is 4.54. The number of piperidine rings is 1. The van der Waals surface area contributed by atoms with Crippen molar-refractivity contribution in [2.45, 2.75) is 51.0 Å². The minimum absolute atomic E-state index is 0.102. The van der Waals surface area contributed by atoms with Crippen LogP contribution in [0.1, 0.15) is 39.2 Å². The van der Waals surface area contributed by atoms with Gasteiger partial charge < -0.3 is 4.90 Å². The van der Waals surface area contributed by atoms with Gasteiger partial charge in [-0.15, -0.1) is 0 Å². The molecule has 0 N–H and O–H groups in total. The van der Waals surface area contributed by atoms with Gasteiger partial charge >= 0.3 is 0 Å². The molecular formula is C18H30N2O2S. The van der Waals surface area contributed by atoms with Gasteiger partial charge in [-0.2, -0.15) is 4.31 Å². The molecular weight excluding hydrogens is 308 g/mol. The van der Waals surface area contributed by atoms with Crippen molar-refractivity contribution in [3.63, 3.8) is 0 Å². The second kappa shape index (κ2) is 6.91. The molecule has 4 nitrogen and oxygen atoms in total. The van der Waals surface area contributed by atoms with Gasteiger partial charge in [0, 0.05) is 13.1 Å². The summed E-state index contributed by atoms with van der Waals surface area (Å²) >= 11 is 0. The summed E-state index contributed by atoms with van der Waals surface area (Å²) in [6.45, 7) is 8.46. The van der Waals surface area contributed by atoms with Gasteiger partial charge in [-0.1, -0.05) is 32.9 Å². The Kier molecular flexibility index (Phi) is 5.54. The molecule has 0 bridgehead atoms. The summed E-state index contributed by atoms with van der Waals surface area (Å²) in [5.74, 6) is 0. The summed E-state index contributed by atoms with van der Waals surface area (Å²) in [5.41, 5.74) is 1.38. The van der Waals surface area contributed by atoms with E-state index in [2.05, 4.69) is 32.7 Å². The lowest BCUT2D eigenvalue weighted by atomic mass is 9.88. The Labute approximate surface area is 141 Å². The van der Waals surface area contributed by atoms with E-state index in [1.54, 1.807) is 23.5 Å². The van der Waals surface area contributed by atoms with Crippen molar-refractivity contribution in [2.24, 2.45) is 5.41 Å². The molecule has 1 aliphatic rings. The predicted octanol–water partition coefficient (Wildman–Crippen LogP) is 2.99. The van der Waals surface area contributed by atoms with E-state index in [-0.39, 0.29) is 11.5 Å². The van der Waals surface area contributed by atoms with Crippen LogP contribution in [0.25, 0.3) is 0 Å². The first kappa shape index (κ1) is 18.4. The Morgan fingerprint density at radius 1 is 1.13 bits per heavy atom. The maximum atomic E-state index is 12.8. The van der Waals surface area contributed by atoms with E-state index >= 15 is 0 Å². The largest absolute Gasteiger partial charge is 0.306 e. The molecule has 1 aromatic rings. The quantitative estimate of drug-likeness (QED) is 0.847. The number of hydrogen-bond donors (Lipinski definition) is 0. The van der Waals surface area contributed by atoms with E-state index in [4.69, 9.17) is 0 Å². The average Bonchev–Trinajstić information content (AvgIpc) is 2.46. The number of hydrogen-bond acceptors (Lipinski definition) is 3. The Hall–Kier alpha value is -0.910. The molecule has 0 unspecified atom stereocenters. The molecule has 1 aliphatic heterocycles. The highest BCUT2D eigenvalue weighted by Crippen LogP contribution is 2.25. The smallest absolute Gasteiger partial charge is 0.243 e. The number of benzene rings is 1. The van der Waals surface area contributed by atoms with Crippen LogP contribution in [0, 0.1) is 5.41 Å². The molecule has 1 fully saturated rings. The molecule has 5 heteroatoms. The highest BCUT2D eigenvalue weighted by Gasteiger charge is 2.30. The van der Waals surface area contributed by atoms with Crippen LogP contribution < -0.4 is 0 Å². The van der Waals surface area contributed by atoms with E-state index in [9.17, 15) is 8.42 Å². The fourth-order valence-electron chi connectivity index (χ4n) is 3.11. The lowest BCUT2D eigenvalue weighted by Crippen LogP contribution is -2.44. The van der Waals surface area contributed by atoms with Crippen molar-refractivity contribution in [3.8, 4) is 0 Å². The molecule has 1 aromatic carbocycles. The van der Waals surface area contributed by atoms with Crippen LogP contribution in [0.2, 0.25) is 0 Å². The molecule has 0 atom stereocenters. The maximum Gasteiger partial charge on any atom is 0.243 e. The Morgan fingerprint density at radius 3 is 2.13 bits per heavy atom. The zero-order chi connectivity index (χ0) is 17.3. The first-order valence-corrected chi connectivity index (χ1v) is 9.79. The summed E-state index contributed by atoms with van der Waals surface area (Å²) in [7, 11) is 0.397. The first-order valence-electron chi connectivity index (χ1n) is 8.35. The predicted molar refractivity (Wildman–Crippen MR) is 95.1 cm³/mol. The van der Waals surface area contributed by atoms with Crippen molar-refractivity contribution < 1.29 is 8.42 Å². The second-order valence-corrected chi connectivity index (χ2v) is 9.93. The van der Waals surface area contributed by atoms with Crippen molar-refractivity contribution >= 4 is 10.0 Å². The Morgan fingerprint density at radius 2 is 1.65 bits per heavy atom. The van der Waals surface area contributed by atoms with Gasteiger partial charge in [-0.25, -0.2) is 8.42 Å². The van der Waals surface area contributed by atoms with Crippen LogP contribution in [0.4, 0.5) is 0 Å². The standard InChI is InChI=1S/C18H30N2O2S/c1-18(2,3)14-15-6-8-17(9-7-15)23(21,22)20(5)16-10-12-19(4)13-11-16/h6-9,16H,10-14H2,1-5H3. The van der Waals surface area contributed by atoms with Crippen molar-refractivity contribution in [1.82, 2.24) is 9.21 Å². The van der Waals surface area contributed by atoms with Crippen LogP contribution in [0.5, 0.6) is 0 Å². The number of likely N-dealkylation sites (tertiary alicyclic amines) is 1. The monoisotopic (exact) mass is 338 g/mol. The minimum atomic E-state index is -3.40. The SMILES string of the molecule is CN1CCC(N(C)S(=O)(=O)c2ccc(CC(C)(C)C)cc2)CC1. The fourth-order valence-corrected chi connectivity index (χ4v) is 4.53. The zero-order valence-corrected chi connectivity index (χ0v) is 15.9. The lowest BCUT2D eigenvalue weighted by molar-refractivity contribution is 0.197. The first-order chi connectivity index (χ1) is 10.6. The summed E-state index contributed by atoms with van der Waals surface area (Å²) in [6, 6.07) is 7.50. The molecule has 2 rings (SSSR count). The molecule has 0 aliphatic carbocycles. The third-order valence-corrected chi connectivity index (χ3v) is 6.46. The summed E-state index contributed by atoms with van der Waals surface area (Å²) in [4.78, 5) is 2.65. The minimum Gasteiger partial charge on any atom is -0.306 e. The van der Waals surface area contributed by atoms with Gasteiger partial charge in [0.2, 0.25) is 10.0 Å². The number of nitrogens with zero attached hydrogens (tertiary/aromatic N) is 2. The summed E-state index contributed by atoms with van der Waals surface area (Å²) in [5, 5.41) is 0. The molecule has 1 saturated heterocycles. The third kappa shape index (κ3) is 4.78. The van der Waals surface area contributed by atoms with Crippen LogP contribution in [-0.4, -0.2) is 50.8 Å². The normalized spacial score (nSPS) is 18.5. The molecule has 0 aromatic heterocycles. The molecule has 0 spiro atoms. The van der Waals surface area contributed by atoms with Gasteiger partial charge in [-0.3, -0.25) is 0 Å². The van der Waals surface area contributed by atoms with E-state index in [1.807, 2.05) is 12.1 Å². The van der Waals surface area contributed by atoms with Crippen LogP contribution in [0.3, 0.4) is 0 Å². The van der Waals surface area contributed by atoms with Gasteiger partial charge in [-0.05, 0) is 62.5 Å². The van der Waals surface area contributed by atoms with E-state index in [1.165, 1.54) is 5.56 Å². The lowest BCUT2D eigenvalue weighted by Gasteiger charge is -2.34. The van der Waals surface area contributed by atoms with E-state index in [0.717, 1.165) is 32.4 Å². The summed E-state index contributed by atoms with van der Waals surface area (Å²) in [6.07, 6.45) is 2.74. The number of sulfonamides is 1. The van der Waals surface area contributed by atoms with Crippen molar-refractivity contribution in [2.75, 3.05) is 27.2 Å². The molecule has 130 valence electrons. The zero-order valence-electron chi connectivity index (χ0n) is 15.0. The van der Waals surface area contributed by atoms with E-state index < -0.39 is 10.0 Å². The van der Waals surface area contributed by atoms with Gasteiger partial charge in [0.25, 0.3) is 0 Å². The topological polar surface area (TPSA) is 40.6 Å². The maximum absolute atomic E-state index is 12.8. The van der Waals surface area contributed by atoms with Crippen LogP contribution >= 0.6 is 0 Å². The van der Waals surface area contributed by atoms with Gasteiger partial charge in [0.1, 0.15) is 0 Å². The van der Waals surface area contributed by atoms with Gasteiger partial charge in [0.15, 0.2) is 0 Å². The fraction of sp³-hybridized carbons (Fsp3) is 0.667. The highest BCUT2D eigenvalue weighted by molar-refractivity contribution is 7.89. The molecule has 1 heterocycles. The molecule has 23 heavy (non-hydrogen) atoms. The van der Waals surface area contributed by atoms with Crippen LogP contribution in [0.15, 0.2) is 29.2 Å². The highest BCUT2D eigenvalue weighted by atomic mass is 32.2. The van der Waals surface area contributed by atoms with Crippen molar-refractivity contribution in [3.05, 3.63) is 29.8 Å². The van der Waals surface area contributed by atoms with Crippen molar-refractivity contribution in [1.29, 1.82) is 0 Å². The second-order valence-electron chi connectivity index (χ2n) is 7.94. The number of rotatable bonds is 4. The molecule has 0 radical (unpaired) electrons. The molecule has 0 amide bonds. The Balaban J connectivity index is 2.12. The van der Waals surface area contributed by atoms with Crippen LogP contribution in [-0.2, 0) is 16.4 Å². The average molecular weight is 339 g/mol. The Bertz CT molecular complexity index is 609. The van der Waals surface area contributed by atoms with E-state index in [0.29, 0.717) is 4.90 Å². The molecule has 0 saturated carbocycles. The van der Waals surface area contributed by atoms with Gasteiger partial charge in [0.05, 0.1) is 4.90 Å². The summed E-state index contributed by atoms with van der Waals surface area (Å²) < 4.78 is 27.2.